The van der Waals surface area contributed by atoms with Crippen LogP contribution in [0.4, 0.5) is 0 Å². The van der Waals surface area contributed by atoms with E-state index in [4.69, 9.17) is 5.73 Å². The van der Waals surface area contributed by atoms with Crippen LogP contribution in [0, 0.1) is 0 Å². The van der Waals surface area contributed by atoms with Gasteiger partial charge in [-0.05, 0) is 24.4 Å². The van der Waals surface area contributed by atoms with Crippen LogP contribution in [0.15, 0.2) is 41.3 Å². The van der Waals surface area contributed by atoms with Gasteiger partial charge in [0.2, 0.25) is 0 Å². The summed E-state index contributed by atoms with van der Waals surface area (Å²) in [4.78, 5) is 12.0. The average molecular weight is 202 g/mol. The van der Waals surface area contributed by atoms with Crippen LogP contribution in [0.2, 0.25) is 0 Å². The zero-order valence-electron chi connectivity index (χ0n) is 8.68. The maximum absolute atomic E-state index is 12.0. The summed E-state index contributed by atoms with van der Waals surface area (Å²) in [6, 6.07) is 9.52. The van der Waals surface area contributed by atoms with Gasteiger partial charge in [0.1, 0.15) is 0 Å². The second-order valence-corrected chi connectivity index (χ2v) is 3.84. The molecule has 3 nitrogen and oxygen atoms in total. The molecule has 1 aromatic carbocycles. The summed E-state index contributed by atoms with van der Waals surface area (Å²) < 4.78 is 1.66. The number of pyridine rings is 1. The van der Waals surface area contributed by atoms with Crippen molar-refractivity contribution in [2.24, 2.45) is 5.73 Å². The van der Waals surface area contributed by atoms with Gasteiger partial charge in [-0.1, -0.05) is 18.2 Å². The van der Waals surface area contributed by atoms with E-state index in [2.05, 4.69) is 0 Å². The lowest BCUT2D eigenvalue weighted by atomic mass is 10.2. The van der Waals surface area contributed by atoms with Crippen molar-refractivity contribution in [1.82, 2.24) is 4.57 Å². The zero-order valence-corrected chi connectivity index (χ0v) is 8.68. The van der Waals surface area contributed by atoms with E-state index in [0.717, 1.165) is 10.8 Å². The van der Waals surface area contributed by atoms with Gasteiger partial charge in [0, 0.05) is 24.2 Å². The van der Waals surface area contributed by atoms with Crippen LogP contribution in [0.5, 0.6) is 0 Å². The van der Waals surface area contributed by atoms with Gasteiger partial charge in [0.15, 0.2) is 0 Å². The van der Waals surface area contributed by atoms with Gasteiger partial charge in [-0.25, -0.2) is 0 Å². The first kappa shape index (κ1) is 9.93. The van der Waals surface area contributed by atoms with E-state index in [9.17, 15) is 4.79 Å². The first-order valence-corrected chi connectivity index (χ1v) is 5.02. The quantitative estimate of drug-likeness (QED) is 0.799. The molecular formula is C12H14N2O. The van der Waals surface area contributed by atoms with E-state index in [1.807, 2.05) is 37.3 Å². The molecule has 15 heavy (non-hydrogen) atoms. The van der Waals surface area contributed by atoms with Gasteiger partial charge >= 0.3 is 0 Å². The van der Waals surface area contributed by atoms with Gasteiger partial charge in [0.25, 0.3) is 5.56 Å². The fraction of sp³-hybridized carbons (Fsp3) is 0.250. The van der Waals surface area contributed by atoms with E-state index < -0.39 is 0 Å². The number of hydrogen-bond acceptors (Lipinski definition) is 2. The molecule has 78 valence electrons. The average Bonchev–Trinajstić information content (AvgIpc) is 2.22. The van der Waals surface area contributed by atoms with Gasteiger partial charge in [-0.15, -0.1) is 0 Å². The van der Waals surface area contributed by atoms with E-state index in [1.165, 1.54) is 0 Å². The lowest BCUT2D eigenvalue weighted by molar-refractivity contribution is 0.577. The molecule has 1 aromatic heterocycles. The van der Waals surface area contributed by atoms with Crippen molar-refractivity contribution in [1.29, 1.82) is 0 Å². The largest absolute Gasteiger partial charge is 0.326 e. The van der Waals surface area contributed by atoms with Crippen molar-refractivity contribution in [3.8, 4) is 0 Å². The Morgan fingerprint density at radius 1 is 1.33 bits per heavy atom. The summed E-state index contributed by atoms with van der Waals surface area (Å²) in [5, 5.41) is 1.73. The molecule has 1 atom stereocenters. The number of fused-ring (bicyclic) bond motifs is 1. The number of nitrogens with two attached hydrogens (primary N) is 1. The van der Waals surface area contributed by atoms with Crippen molar-refractivity contribution in [3.63, 3.8) is 0 Å². The van der Waals surface area contributed by atoms with Crippen LogP contribution in [0.1, 0.15) is 6.92 Å². The molecule has 1 unspecified atom stereocenters. The van der Waals surface area contributed by atoms with Crippen molar-refractivity contribution in [2.75, 3.05) is 0 Å². The minimum absolute atomic E-state index is 0.0103. The normalized spacial score (nSPS) is 12.9. The Kier molecular flexibility index (Phi) is 2.56. The number of hydrogen-bond donors (Lipinski definition) is 1. The zero-order chi connectivity index (χ0) is 10.8. The van der Waals surface area contributed by atoms with Crippen LogP contribution in [-0.4, -0.2) is 10.6 Å². The van der Waals surface area contributed by atoms with Crippen LogP contribution in [-0.2, 0) is 6.54 Å². The van der Waals surface area contributed by atoms with Gasteiger partial charge < -0.3 is 10.3 Å². The Morgan fingerprint density at radius 2 is 2.07 bits per heavy atom. The van der Waals surface area contributed by atoms with E-state index in [1.54, 1.807) is 10.8 Å². The van der Waals surface area contributed by atoms with Gasteiger partial charge in [-0.2, -0.15) is 0 Å². The smallest absolute Gasteiger partial charge is 0.258 e. The Morgan fingerprint density at radius 3 is 2.80 bits per heavy atom. The van der Waals surface area contributed by atoms with Crippen molar-refractivity contribution >= 4 is 10.8 Å². The second kappa shape index (κ2) is 3.87. The maximum atomic E-state index is 12.0. The van der Waals surface area contributed by atoms with Crippen LogP contribution in [0.25, 0.3) is 10.8 Å². The molecular weight excluding hydrogens is 188 g/mol. The highest BCUT2D eigenvalue weighted by Crippen LogP contribution is 2.07. The van der Waals surface area contributed by atoms with E-state index in [0.29, 0.717) is 6.54 Å². The highest BCUT2D eigenvalue weighted by Gasteiger charge is 2.02. The predicted octanol–water partition coefficient (Wildman–Crippen LogP) is 1.35. The molecule has 1 heterocycles. The summed E-state index contributed by atoms with van der Waals surface area (Å²) in [5.41, 5.74) is 5.71. The SMILES string of the molecule is CC(N)Cn1ccc2ccccc2c1=O. The summed E-state index contributed by atoms with van der Waals surface area (Å²) in [7, 11) is 0. The Bertz CT molecular complexity index is 528. The van der Waals surface area contributed by atoms with Crippen LogP contribution < -0.4 is 11.3 Å². The number of rotatable bonds is 2. The Labute approximate surface area is 88.1 Å². The fourth-order valence-corrected chi connectivity index (χ4v) is 1.68. The van der Waals surface area contributed by atoms with Crippen LogP contribution in [0.3, 0.4) is 0 Å². The summed E-state index contributed by atoms with van der Waals surface area (Å²) in [6.07, 6.45) is 1.80. The lowest BCUT2D eigenvalue weighted by Crippen LogP contribution is -2.29. The molecule has 0 bridgehead atoms. The summed E-state index contributed by atoms with van der Waals surface area (Å²) in [6.45, 7) is 2.45. The first-order valence-electron chi connectivity index (χ1n) is 5.02. The van der Waals surface area contributed by atoms with Crippen LogP contribution >= 0.6 is 0 Å². The summed E-state index contributed by atoms with van der Waals surface area (Å²) >= 11 is 0. The molecule has 0 aliphatic rings. The van der Waals surface area contributed by atoms with Gasteiger partial charge in [0.05, 0.1) is 0 Å². The number of nitrogens with zero attached hydrogens (tertiary/aromatic N) is 1. The van der Waals surface area contributed by atoms with Crippen molar-refractivity contribution in [3.05, 3.63) is 46.9 Å². The molecule has 2 N–H and O–H groups in total. The van der Waals surface area contributed by atoms with Crippen molar-refractivity contribution in [2.45, 2.75) is 19.5 Å². The molecule has 0 fully saturated rings. The minimum Gasteiger partial charge on any atom is -0.326 e. The molecule has 0 saturated carbocycles. The maximum Gasteiger partial charge on any atom is 0.258 e. The molecule has 0 spiro atoms. The highest BCUT2D eigenvalue weighted by molar-refractivity contribution is 5.81. The minimum atomic E-state index is -0.0103. The first-order chi connectivity index (χ1) is 7.18. The third-order valence-electron chi connectivity index (χ3n) is 2.37. The van der Waals surface area contributed by atoms with Crippen molar-refractivity contribution < 1.29 is 0 Å². The molecule has 0 aliphatic heterocycles. The fourth-order valence-electron chi connectivity index (χ4n) is 1.68. The third kappa shape index (κ3) is 1.92. The van der Waals surface area contributed by atoms with E-state index >= 15 is 0 Å². The third-order valence-corrected chi connectivity index (χ3v) is 2.37. The molecule has 0 radical (unpaired) electrons. The van der Waals surface area contributed by atoms with Gasteiger partial charge in [-0.3, -0.25) is 4.79 Å². The number of aromatic nitrogens is 1. The topological polar surface area (TPSA) is 48.0 Å². The van der Waals surface area contributed by atoms with E-state index in [-0.39, 0.29) is 11.6 Å². The Balaban J connectivity index is 2.60. The number of benzene rings is 1. The predicted molar refractivity (Wildman–Crippen MR) is 61.9 cm³/mol. The monoisotopic (exact) mass is 202 g/mol. The molecule has 0 aliphatic carbocycles. The molecule has 3 heteroatoms. The molecule has 0 saturated heterocycles. The molecule has 2 aromatic rings. The Hall–Kier alpha value is -1.61. The second-order valence-electron chi connectivity index (χ2n) is 3.84. The molecule has 2 rings (SSSR count). The molecule has 0 amide bonds. The highest BCUT2D eigenvalue weighted by atomic mass is 16.1. The summed E-state index contributed by atoms with van der Waals surface area (Å²) in [5.74, 6) is 0. The lowest BCUT2D eigenvalue weighted by Gasteiger charge is -2.09. The standard InChI is InChI=1S/C12H14N2O/c1-9(13)8-14-7-6-10-4-2-3-5-11(10)12(14)15/h2-7,9H,8,13H2,1H3.